The number of aliphatic hydroxyl groups is 4. The molecule has 1 rings (SSSR count). The van der Waals surface area contributed by atoms with Gasteiger partial charge in [0.1, 0.15) is 30.5 Å². The summed E-state index contributed by atoms with van der Waals surface area (Å²) in [6.45, 7) is 4.43. The molecular weight excluding hydrogens is 684 g/mol. The number of carbonyl (C=O) groups excluding carboxylic acids is 1. The summed E-state index contributed by atoms with van der Waals surface area (Å²) in [7, 11) is 0. The van der Waals surface area contributed by atoms with E-state index in [4.69, 9.17) is 18.9 Å². The number of hydrogen-bond donors (Lipinski definition) is 4. The van der Waals surface area contributed by atoms with E-state index in [1.165, 1.54) is 77.0 Å². The van der Waals surface area contributed by atoms with Crippen molar-refractivity contribution in [2.75, 3.05) is 26.4 Å². The van der Waals surface area contributed by atoms with E-state index in [0.29, 0.717) is 13.0 Å². The lowest BCUT2D eigenvalue weighted by atomic mass is 9.99. The summed E-state index contributed by atoms with van der Waals surface area (Å²) in [6.07, 6.45) is 37.0. The predicted molar refractivity (Wildman–Crippen MR) is 219 cm³/mol. The summed E-state index contributed by atoms with van der Waals surface area (Å²) in [4.78, 5) is 12.7. The molecule has 6 atom stereocenters. The monoisotopic (exact) mass is 765 g/mol. The van der Waals surface area contributed by atoms with E-state index in [1.54, 1.807) is 0 Å². The maximum absolute atomic E-state index is 12.7. The van der Waals surface area contributed by atoms with E-state index in [9.17, 15) is 25.2 Å². The first-order valence-electron chi connectivity index (χ1n) is 21.7. The van der Waals surface area contributed by atoms with Crippen molar-refractivity contribution in [2.24, 2.45) is 0 Å². The normalized spacial score (nSPS) is 21.3. The molecule has 0 spiro atoms. The number of rotatable bonds is 36. The molecule has 0 aliphatic carbocycles. The fourth-order valence-electron chi connectivity index (χ4n) is 6.26. The van der Waals surface area contributed by atoms with E-state index >= 15 is 0 Å². The fourth-order valence-corrected chi connectivity index (χ4v) is 6.26. The van der Waals surface area contributed by atoms with E-state index in [0.717, 1.165) is 70.6 Å². The number of carbonyl (C=O) groups is 1. The van der Waals surface area contributed by atoms with Crippen LogP contribution in [0.1, 0.15) is 168 Å². The van der Waals surface area contributed by atoms with Crippen LogP contribution in [0.5, 0.6) is 0 Å². The van der Waals surface area contributed by atoms with Crippen molar-refractivity contribution in [3.05, 3.63) is 48.6 Å². The summed E-state index contributed by atoms with van der Waals surface area (Å²) in [5, 5.41) is 40.1. The Labute approximate surface area is 329 Å². The molecule has 6 unspecified atom stereocenters. The third kappa shape index (κ3) is 27.7. The fraction of sp³-hybridized carbons (Fsp3) is 0.800. The maximum Gasteiger partial charge on any atom is 0.306 e. The van der Waals surface area contributed by atoms with Crippen LogP contribution in [0, 0.1) is 0 Å². The number of ether oxygens (including phenoxy) is 4. The number of aliphatic hydroxyl groups excluding tert-OH is 4. The van der Waals surface area contributed by atoms with Crippen molar-refractivity contribution >= 4 is 5.97 Å². The standard InChI is InChI=1S/C45H80O9/c1-3-5-7-9-11-13-15-17-18-19-20-21-23-25-27-29-31-33-35-51-37-39(38-52-45-44(50)43(49)42(48)40(36-46)54-45)53-41(47)34-32-30-28-26-24-22-16-14-12-10-8-6-4-2/h8,10-11,13-14,16-18,39-40,42-46,48-50H,3-7,9,12,15,19-38H2,1-2H3/b10-8-,13-11-,16-14-,18-17-. The van der Waals surface area contributed by atoms with Crippen LogP contribution in [-0.4, -0.2) is 89.6 Å². The average molecular weight is 765 g/mol. The van der Waals surface area contributed by atoms with Gasteiger partial charge < -0.3 is 39.4 Å². The zero-order valence-corrected chi connectivity index (χ0v) is 34.2. The molecule has 1 saturated heterocycles. The minimum Gasteiger partial charge on any atom is -0.457 e. The van der Waals surface area contributed by atoms with Gasteiger partial charge in [-0.2, -0.15) is 0 Å². The van der Waals surface area contributed by atoms with Gasteiger partial charge in [0.05, 0.1) is 19.8 Å². The SMILES string of the molecule is CCC/C=C\C/C=C\CCCCCCCC(=O)OC(COCCCCCCCCCC/C=C\C/C=C\CCCCC)COC1OC(CO)C(O)C(O)C1O. The maximum atomic E-state index is 12.7. The minimum absolute atomic E-state index is 0.123. The molecule has 0 aromatic heterocycles. The van der Waals surface area contributed by atoms with Crippen molar-refractivity contribution in [1.82, 2.24) is 0 Å². The summed E-state index contributed by atoms with van der Waals surface area (Å²) in [5.74, 6) is -0.332. The van der Waals surface area contributed by atoms with Gasteiger partial charge >= 0.3 is 5.97 Å². The number of hydrogen-bond acceptors (Lipinski definition) is 9. The lowest BCUT2D eigenvalue weighted by Crippen LogP contribution is -2.59. The minimum atomic E-state index is -1.54. The van der Waals surface area contributed by atoms with Gasteiger partial charge in [-0.25, -0.2) is 0 Å². The molecule has 0 aromatic rings. The number of esters is 1. The highest BCUT2D eigenvalue weighted by Gasteiger charge is 2.44. The highest BCUT2D eigenvalue weighted by atomic mass is 16.7. The lowest BCUT2D eigenvalue weighted by molar-refractivity contribution is -0.305. The van der Waals surface area contributed by atoms with Gasteiger partial charge in [-0.15, -0.1) is 0 Å². The highest BCUT2D eigenvalue weighted by Crippen LogP contribution is 2.22. The summed E-state index contributed by atoms with van der Waals surface area (Å²) in [5.41, 5.74) is 0. The lowest BCUT2D eigenvalue weighted by Gasteiger charge is -2.39. The Bertz CT molecular complexity index is 963. The first-order valence-corrected chi connectivity index (χ1v) is 21.7. The number of allylic oxidation sites excluding steroid dienone is 8. The zero-order chi connectivity index (χ0) is 39.3. The summed E-state index contributed by atoms with van der Waals surface area (Å²) < 4.78 is 22.8. The second-order valence-electron chi connectivity index (χ2n) is 14.8. The summed E-state index contributed by atoms with van der Waals surface area (Å²) >= 11 is 0. The third-order valence-corrected chi connectivity index (χ3v) is 9.70. The van der Waals surface area contributed by atoms with E-state index in [1.807, 2.05) is 0 Å². The zero-order valence-electron chi connectivity index (χ0n) is 34.2. The second-order valence-corrected chi connectivity index (χ2v) is 14.8. The molecule has 1 aliphatic rings. The smallest absolute Gasteiger partial charge is 0.306 e. The highest BCUT2D eigenvalue weighted by molar-refractivity contribution is 5.69. The molecule has 0 amide bonds. The molecule has 9 heteroatoms. The Morgan fingerprint density at radius 3 is 1.67 bits per heavy atom. The average Bonchev–Trinajstić information content (AvgIpc) is 3.17. The molecule has 54 heavy (non-hydrogen) atoms. The van der Waals surface area contributed by atoms with Gasteiger partial charge in [0.25, 0.3) is 0 Å². The van der Waals surface area contributed by atoms with Crippen molar-refractivity contribution in [3.8, 4) is 0 Å². The molecule has 1 heterocycles. The molecule has 1 fully saturated rings. The Kier molecular flexibility index (Phi) is 34.2. The van der Waals surface area contributed by atoms with Crippen LogP contribution in [-0.2, 0) is 23.7 Å². The topological polar surface area (TPSA) is 135 Å². The van der Waals surface area contributed by atoms with Crippen LogP contribution >= 0.6 is 0 Å². The van der Waals surface area contributed by atoms with Crippen LogP contribution < -0.4 is 0 Å². The Hall–Kier alpha value is -1.85. The molecule has 0 aromatic carbocycles. The van der Waals surface area contributed by atoms with Crippen LogP contribution in [0.4, 0.5) is 0 Å². The van der Waals surface area contributed by atoms with Crippen molar-refractivity contribution in [3.63, 3.8) is 0 Å². The van der Waals surface area contributed by atoms with Gasteiger partial charge in [0.2, 0.25) is 0 Å². The van der Waals surface area contributed by atoms with Gasteiger partial charge in [0.15, 0.2) is 6.29 Å². The second kappa shape index (κ2) is 36.8. The van der Waals surface area contributed by atoms with Crippen LogP contribution in [0.15, 0.2) is 48.6 Å². The van der Waals surface area contributed by atoms with E-state index < -0.39 is 43.4 Å². The van der Waals surface area contributed by atoms with E-state index in [2.05, 4.69) is 62.5 Å². The van der Waals surface area contributed by atoms with Gasteiger partial charge in [0, 0.05) is 13.0 Å². The molecular formula is C45H80O9. The number of unbranched alkanes of at least 4 members (excludes halogenated alkanes) is 17. The van der Waals surface area contributed by atoms with Crippen LogP contribution in [0.3, 0.4) is 0 Å². The van der Waals surface area contributed by atoms with Crippen LogP contribution in [0.25, 0.3) is 0 Å². The van der Waals surface area contributed by atoms with Crippen molar-refractivity contribution in [2.45, 2.75) is 205 Å². The first kappa shape index (κ1) is 50.2. The van der Waals surface area contributed by atoms with Crippen LogP contribution in [0.2, 0.25) is 0 Å². The molecule has 314 valence electrons. The van der Waals surface area contributed by atoms with Crippen molar-refractivity contribution < 1.29 is 44.2 Å². The van der Waals surface area contributed by atoms with Gasteiger partial charge in [-0.05, 0) is 70.6 Å². The van der Waals surface area contributed by atoms with E-state index in [-0.39, 0.29) is 19.2 Å². The molecule has 0 bridgehead atoms. The largest absolute Gasteiger partial charge is 0.457 e. The van der Waals surface area contributed by atoms with Gasteiger partial charge in [-0.3, -0.25) is 4.79 Å². The Morgan fingerprint density at radius 2 is 1.11 bits per heavy atom. The first-order chi connectivity index (χ1) is 26.4. The molecule has 0 radical (unpaired) electrons. The Balaban J connectivity index is 2.28. The molecule has 9 nitrogen and oxygen atoms in total. The van der Waals surface area contributed by atoms with Gasteiger partial charge in [-0.1, -0.05) is 140 Å². The quantitative estimate of drug-likeness (QED) is 0.0280. The molecule has 1 aliphatic heterocycles. The molecule has 4 N–H and O–H groups in total. The summed E-state index contributed by atoms with van der Waals surface area (Å²) in [6, 6.07) is 0. The molecule has 0 saturated carbocycles. The van der Waals surface area contributed by atoms with Crippen molar-refractivity contribution in [1.29, 1.82) is 0 Å². The third-order valence-electron chi connectivity index (χ3n) is 9.70. The predicted octanol–water partition coefficient (Wildman–Crippen LogP) is 9.36. The Morgan fingerprint density at radius 1 is 0.593 bits per heavy atom.